The zero-order valence-corrected chi connectivity index (χ0v) is 19.1. The minimum Gasteiger partial charge on any atom is -0.493 e. The predicted octanol–water partition coefficient (Wildman–Crippen LogP) is 3.66. The number of halogens is 1. The topological polar surface area (TPSA) is 38.5 Å². The molecule has 166 valence electrons. The van der Waals surface area contributed by atoms with Crippen LogP contribution >= 0.6 is 11.6 Å². The van der Waals surface area contributed by atoms with Crippen LogP contribution in [0.15, 0.2) is 77.9 Å². The molecule has 1 N–H and O–H groups in total. The molecule has 1 aliphatic heterocycles. The number of hydrogen-bond acceptors (Lipinski definition) is 4. The third kappa shape index (κ3) is 6.02. The Morgan fingerprint density at radius 3 is 2.47 bits per heavy atom. The molecule has 0 radical (unpaired) electrons. The Balaban J connectivity index is 1.32. The first kappa shape index (κ1) is 22.2. The molecule has 0 saturated carbocycles. The zero-order valence-electron chi connectivity index (χ0n) is 18.3. The molecule has 5 nitrogen and oxygen atoms in total. The van der Waals surface area contributed by atoms with Crippen LogP contribution in [0, 0.1) is 0 Å². The lowest BCUT2D eigenvalue weighted by molar-refractivity contribution is -0.918. The fourth-order valence-electron chi connectivity index (χ4n) is 3.78. The Morgan fingerprint density at radius 2 is 1.72 bits per heavy atom. The summed E-state index contributed by atoms with van der Waals surface area (Å²) in [7, 11) is 1.66. The van der Waals surface area contributed by atoms with Crippen LogP contribution in [-0.2, 0) is 13.2 Å². The second-order valence-corrected chi connectivity index (χ2v) is 8.31. The zero-order chi connectivity index (χ0) is 22.2. The first-order valence-corrected chi connectivity index (χ1v) is 11.3. The molecule has 0 aromatic heterocycles. The minimum absolute atomic E-state index is 0.494. The van der Waals surface area contributed by atoms with Crippen molar-refractivity contribution in [3.63, 3.8) is 0 Å². The lowest BCUT2D eigenvalue weighted by atomic mass is 10.2. The number of piperazine rings is 1. The maximum absolute atomic E-state index is 6.31. The van der Waals surface area contributed by atoms with Gasteiger partial charge in [0.15, 0.2) is 11.5 Å². The van der Waals surface area contributed by atoms with Crippen molar-refractivity contribution in [2.24, 2.45) is 5.10 Å². The SMILES string of the molecule is COc1ccc(C=NN2CC[NH+](Cc3ccccc3Cl)CC2)cc1OCc1ccccc1. The number of ether oxygens (including phenoxy) is 2. The smallest absolute Gasteiger partial charge is 0.162 e. The van der Waals surface area contributed by atoms with E-state index in [1.54, 1.807) is 7.11 Å². The predicted molar refractivity (Wildman–Crippen MR) is 129 cm³/mol. The summed E-state index contributed by atoms with van der Waals surface area (Å²) >= 11 is 6.31. The highest BCUT2D eigenvalue weighted by Gasteiger charge is 2.19. The molecule has 0 bridgehead atoms. The fraction of sp³-hybridized carbons (Fsp3) is 0.269. The third-order valence-electron chi connectivity index (χ3n) is 5.64. The van der Waals surface area contributed by atoms with Crippen molar-refractivity contribution in [1.29, 1.82) is 0 Å². The number of nitrogens with zero attached hydrogens (tertiary/aromatic N) is 2. The number of hydrazone groups is 1. The van der Waals surface area contributed by atoms with E-state index in [-0.39, 0.29) is 0 Å². The van der Waals surface area contributed by atoms with Gasteiger partial charge in [0.1, 0.15) is 13.2 Å². The fourth-order valence-corrected chi connectivity index (χ4v) is 3.99. The Hall–Kier alpha value is -3.02. The van der Waals surface area contributed by atoms with Crippen LogP contribution in [0.1, 0.15) is 16.7 Å². The standard InChI is InChI=1S/C26H28ClN3O2/c1-31-25-12-11-22(17-26(25)32-20-21-7-3-2-4-8-21)18-28-30-15-13-29(14-16-30)19-23-9-5-6-10-24(23)27/h2-12,17-18H,13-16,19-20H2,1H3/p+1. The summed E-state index contributed by atoms with van der Waals surface area (Å²) in [6.45, 7) is 5.37. The molecule has 3 aromatic carbocycles. The van der Waals surface area contributed by atoms with E-state index in [0.717, 1.165) is 54.6 Å². The van der Waals surface area contributed by atoms with Crippen molar-refractivity contribution >= 4 is 17.8 Å². The van der Waals surface area contributed by atoms with Crippen molar-refractivity contribution in [1.82, 2.24) is 5.01 Å². The molecule has 0 amide bonds. The van der Waals surface area contributed by atoms with Crippen LogP contribution < -0.4 is 14.4 Å². The normalized spacial score (nSPS) is 14.6. The summed E-state index contributed by atoms with van der Waals surface area (Å²) in [6.07, 6.45) is 1.90. The molecule has 6 heteroatoms. The summed E-state index contributed by atoms with van der Waals surface area (Å²) in [6, 6.07) is 24.1. The van der Waals surface area contributed by atoms with Gasteiger partial charge in [-0.2, -0.15) is 5.10 Å². The van der Waals surface area contributed by atoms with E-state index in [0.29, 0.717) is 12.4 Å². The third-order valence-corrected chi connectivity index (χ3v) is 6.01. The van der Waals surface area contributed by atoms with Gasteiger partial charge in [-0.15, -0.1) is 0 Å². The van der Waals surface area contributed by atoms with E-state index >= 15 is 0 Å². The second-order valence-electron chi connectivity index (χ2n) is 7.90. The summed E-state index contributed by atoms with van der Waals surface area (Å²) in [5, 5.41) is 7.68. The minimum atomic E-state index is 0.494. The molecule has 0 aliphatic carbocycles. The molecule has 32 heavy (non-hydrogen) atoms. The van der Waals surface area contributed by atoms with Crippen LogP contribution in [0.3, 0.4) is 0 Å². The first-order valence-electron chi connectivity index (χ1n) is 10.9. The van der Waals surface area contributed by atoms with E-state index in [9.17, 15) is 0 Å². The summed E-state index contributed by atoms with van der Waals surface area (Å²) < 4.78 is 11.5. The van der Waals surface area contributed by atoms with Crippen molar-refractivity contribution in [3.8, 4) is 11.5 Å². The number of benzene rings is 3. The summed E-state index contributed by atoms with van der Waals surface area (Å²) in [5.74, 6) is 1.43. The summed E-state index contributed by atoms with van der Waals surface area (Å²) in [4.78, 5) is 1.53. The van der Waals surface area contributed by atoms with E-state index in [1.807, 2.05) is 72.9 Å². The lowest BCUT2D eigenvalue weighted by Crippen LogP contribution is -3.13. The van der Waals surface area contributed by atoms with Gasteiger partial charge < -0.3 is 14.4 Å². The highest BCUT2D eigenvalue weighted by molar-refractivity contribution is 6.31. The average Bonchev–Trinajstić information content (AvgIpc) is 2.84. The number of nitrogens with one attached hydrogen (secondary N) is 1. The van der Waals surface area contributed by atoms with Crippen molar-refractivity contribution in [2.75, 3.05) is 33.3 Å². The van der Waals surface area contributed by atoms with Crippen LogP contribution in [0.2, 0.25) is 5.02 Å². The number of quaternary nitrogens is 1. The Labute approximate surface area is 194 Å². The molecular weight excluding hydrogens is 422 g/mol. The van der Waals surface area contributed by atoms with Crippen molar-refractivity contribution in [3.05, 3.63) is 94.5 Å². The molecule has 0 unspecified atom stereocenters. The van der Waals surface area contributed by atoms with Gasteiger partial charge in [0.25, 0.3) is 0 Å². The van der Waals surface area contributed by atoms with Gasteiger partial charge in [-0.1, -0.05) is 60.1 Å². The van der Waals surface area contributed by atoms with Crippen LogP contribution in [0.25, 0.3) is 0 Å². The number of methoxy groups -OCH3 is 1. The lowest BCUT2D eigenvalue weighted by Gasteiger charge is -2.30. The number of hydrogen-bond donors (Lipinski definition) is 1. The molecule has 0 atom stereocenters. The van der Waals surface area contributed by atoms with Gasteiger partial charge in [-0.05, 0) is 35.4 Å². The molecule has 1 aliphatic rings. The molecule has 4 rings (SSSR count). The van der Waals surface area contributed by atoms with Gasteiger partial charge in [0.2, 0.25) is 0 Å². The molecular formula is C26H29ClN3O2+. The Bertz CT molecular complexity index is 1030. The first-order chi connectivity index (χ1) is 15.7. The van der Waals surface area contributed by atoms with Gasteiger partial charge in [-0.25, -0.2) is 0 Å². The largest absolute Gasteiger partial charge is 0.493 e. The quantitative estimate of drug-likeness (QED) is 0.532. The van der Waals surface area contributed by atoms with Gasteiger partial charge >= 0.3 is 0 Å². The van der Waals surface area contributed by atoms with E-state index in [1.165, 1.54) is 10.5 Å². The molecule has 0 spiro atoms. The molecule has 1 saturated heterocycles. The van der Waals surface area contributed by atoms with Crippen molar-refractivity contribution < 1.29 is 14.4 Å². The van der Waals surface area contributed by atoms with Crippen LogP contribution in [0.5, 0.6) is 11.5 Å². The average molecular weight is 451 g/mol. The maximum atomic E-state index is 6.31. The van der Waals surface area contributed by atoms with Crippen LogP contribution in [0.4, 0.5) is 0 Å². The number of rotatable bonds is 8. The van der Waals surface area contributed by atoms with Gasteiger partial charge in [0.05, 0.1) is 39.5 Å². The Kier molecular flexibility index (Phi) is 7.64. The van der Waals surface area contributed by atoms with E-state index in [2.05, 4.69) is 11.1 Å². The highest BCUT2D eigenvalue weighted by Crippen LogP contribution is 2.28. The van der Waals surface area contributed by atoms with Gasteiger partial charge in [0, 0.05) is 10.6 Å². The van der Waals surface area contributed by atoms with Crippen molar-refractivity contribution in [2.45, 2.75) is 13.2 Å². The molecule has 1 heterocycles. The Morgan fingerprint density at radius 1 is 0.969 bits per heavy atom. The maximum Gasteiger partial charge on any atom is 0.162 e. The van der Waals surface area contributed by atoms with Gasteiger partial charge in [-0.3, -0.25) is 5.01 Å². The van der Waals surface area contributed by atoms with Crippen LogP contribution in [-0.4, -0.2) is 44.5 Å². The summed E-state index contributed by atoms with van der Waals surface area (Å²) in [5.41, 5.74) is 3.31. The highest BCUT2D eigenvalue weighted by atomic mass is 35.5. The molecule has 1 fully saturated rings. The monoisotopic (exact) mass is 450 g/mol. The van der Waals surface area contributed by atoms with E-state index < -0.39 is 0 Å². The molecule has 3 aromatic rings. The van der Waals surface area contributed by atoms with E-state index in [4.69, 9.17) is 26.2 Å². The second kappa shape index (κ2) is 11.0.